The summed E-state index contributed by atoms with van der Waals surface area (Å²) < 4.78 is 4.59. The van der Waals surface area contributed by atoms with Crippen LogP contribution in [-0.2, 0) is 0 Å². The highest BCUT2D eigenvalue weighted by molar-refractivity contribution is 6.12. The summed E-state index contributed by atoms with van der Waals surface area (Å²) in [5.74, 6) is 1.78. The first kappa shape index (κ1) is 37.4. The van der Waals surface area contributed by atoms with Crippen LogP contribution in [0, 0.1) is 41.5 Å². The van der Waals surface area contributed by atoms with Crippen LogP contribution in [0.4, 0.5) is 0 Å². The summed E-state index contributed by atoms with van der Waals surface area (Å²) in [5, 5.41) is 4.70. The third-order valence-corrected chi connectivity index (χ3v) is 12.5. The lowest BCUT2D eigenvalue weighted by molar-refractivity contribution is 0.951. The minimum atomic E-state index is 0.566. The Labute approximate surface area is 361 Å². The minimum absolute atomic E-state index is 0.566. The van der Waals surface area contributed by atoms with E-state index in [2.05, 4.69) is 196 Å². The summed E-state index contributed by atoms with van der Waals surface area (Å²) in [7, 11) is 0. The Morgan fingerprint density at radius 2 is 0.790 bits per heavy atom. The number of nitrogens with zero attached hydrogens (tertiary/aromatic N) is 5. The Bertz CT molecular complexity index is 3370. The van der Waals surface area contributed by atoms with Crippen LogP contribution < -0.4 is 0 Å². The smallest absolute Gasteiger partial charge is 0.238 e. The van der Waals surface area contributed by atoms with Gasteiger partial charge in [0.1, 0.15) is 0 Å². The lowest BCUT2D eigenvalue weighted by Gasteiger charge is -2.15. The lowest BCUT2D eigenvalue weighted by atomic mass is 9.91. The zero-order valence-corrected chi connectivity index (χ0v) is 35.8. The van der Waals surface area contributed by atoms with E-state index in [1.54, 1.807) is 0 Å². The quantitative estimate of drug-likeness (QED) is 0.168. The van der Waals surface area contributed by atoms with Crippen molar-refractivity contribution >= 4 is 43.6 Å². The largest absolute Gasteiger partial charge is 0.309 e. The fourth-order valence-electron chi connectivity index (χ4n) is 10.2. The fourth-order valence-corrected chi connectivity index (χ4v) is 10.2. The monoisotopic (exact) mass is 799 g/mol. The van der Waals surface area contributed by atoms with Gasteiger partial charge in [-0.05, 0) is 135 Å². The summed E-state index contributed by atoms with van der Waals surface area (Å²) in [6, 6.07) is 58.9. The molecule has 0 radical (unpaired) electrons. The molecule has 11 aromatic rings. The van der Waals surface area contributed by atoms with Gasteiger partial charge in [0.05, 0.1) is 27.8 Å². The average Bonchev–Trinajstić information content (AvgIpc) is 3.78. The van der Waals surface area contributed by atoms with Crippen LogP contribution >= 0.6 is 0 Å². The summed E-state index contributed by atoms with van der Waals surface area (Å²) in [5.41, 5.74) is 19.7. The van der Waals surface area contributed by atoms with E-state index in [4.69, 9.17) is 15.0 Å². The van der Waals surface area contributed by atoms with E-state index < -0.39 is 0 Å². The first-order valence-corrected chi connectivity index (χ1v) is 21.4. The Morgan fingerprint density at radius 1 is 0.339 bits per heavy atom. The normalized spacial score (nSPS) is 11.7. The van der Waals surface area contributed by atoms with Crippen molar-refractivity contribution in [2.24, 2.45) is 0 Å². The maximum absolute atomic E-state index is 5.47. The van der Waals surface area contributed by atoms with Gasteiger partial charge in [-0.15, -0.1) is 0 Å². The Morgan fingerprint density at radius 3 is 1.34 bits per heavy atom. The van der Waals surface area contributed by atoms with E-state index in [-0.39, 0.29) is 0 Å². The van der Waals surface area contributed by atoms with Gasteiger partial charge in [0.2, 0.25) is 5.95 Å². The second-order valence-corrected chi connectivity index (χ2v) is 16.9. The van der Waals surface area contributed by atoms with Crippen molar-refractivity contribution in [3.8, 4) is 56.7 Å². The third kappa shape index (κ3) is 6.03. The zero-order chi connectivity index (χ0) is 42.2. The molecule has 3 heterocycles. The standard InChI is InChI=1S/C57H45N5/c1-34-28-36(3)53(37(4)29-34)41-24-26-51-46(32-41)47-33-42(54-38(5)30-35(2)31-39(54)6)25-27-52(47)62(51)57-59-55(40-16-8-7-9-17-40)58-56(60-57)45-20-12-15-23-50(45)61-48-21-13-10-18-43(48)44-19-11-14-22-49(44)61/h7-33H,1-6H3. The number of fused-ring (bicyclic) bond motifs is 6. The van der Waals surface area contributed by atoms with Crippen LogP contribution in [0.5, 0.6) is 0 Å². The zero-order valence-electron chi connectivity index (χ0n) is 35.8. The van der Waals surface area contributed by atoms with Crippen molar-refractivity contribution in [2.45, 2.75) is 41.5 Å². The molecule has 5 nitrogen and oxygen atoms in total. The molecule has 0 saturated carbocycles. The van der Waals surface area contributed by atoms with Gasteiger partial charge in [0, 0.05) is 32.7 Å². The van der Waals surface area contributed by atoms with Crippen molar-refractivity contribution in [2.75, 3.05) is 0 Å². The van der Waals surface area contributed by atoms with E-state index in [0.29, 0.717) is 17.6 Å². The first-order chi connectivity index (χ1) is 30.2. The number of para-hydroxylation sites is 3. The maximum Gasteiger partial charge on any atom is 0.238 e. The predicted octanol–water partition coefficient (Wildman–Crippen LogP) is 14.6. The van der Waals surface area contributed by atoms with Gasteiger partial charge in [-0.3, -0.25) is 4.57 Å². The first-order valence-electron chi connectivity index (χ1n) is 21.4. The molecule has 11 rings (SSSR count). The number of hydrogen-bond donors (Lipinski definition) is 0. The molecule has 0 amide bonds. The molecule has 0 bridgehead atoms. The Hall–Kier alpha value is -7.63. The SMILES string of the molecule is Cc1cc(C)c(-c2ccc3c(c2)c2cc(-c4c(C)cc(C)cc4C)ccc2n3-c2nc(-c3ccccc3)nc(-c3ccccc3-n3c4ccccc4c4ccccc43)n2)c(C)c1. The average molecular weight is 800 g/mol. The molecule has 3 aromatic heterocycles. The molecule has 0 aliphatic rings. The van der Waals surface area contributed by atoms with E-state index in [1.165, 1.54) is 66.4 Å². The van der Waals surface area contributed by atoms with Gasteiger partial charge in [0.25, 0.3) is 0 Å². The van der Waals surface area contributed by atoms with Crippen LogP contribution in [0.15, 0.2) is 164 Å². The van der Waals surface area contributed by atoms with E-state index >= 15 is 0 Å². The molecule has 0 fully saturated rings. The number of hydrogen-bond acceptors (Lipinski definition) is 3. The Kier molecular flexibility index (Phi) is 8.76. The lowest BCUT2D eigenvalue weighted by Crippen LogP contribution is -2.07. The molecule has 0 N–H and O–H groups in total. The molecule has 0 unspecified atom stereocenters. The molecular formula is C57H45N5. The van der Waals surface area contributed by atoms with Crippen molar-refractivity contribution in [1.82, 2.24) is 24.1 Å². The van der Waals surface area contributed by atoms with Crippen molar-refractivity contribution < 1.29 is 0 Å². The van der Waals surface area contributed by atoms with Crippen LogP contribution in [0.25, 0.3) is 100 Å². The molecule has 62 heavy (non-hydrogen) atoms. The summed E-state index contributed by atoms with van der Waals surface area (Å²) in [6.45, 7) is 13.2. The second kappa shape index (κ2) is 14.5. The van der Waals surface area contributed by atoms with E-state index in [1.807, 2.05) is 18.2 Å². The highest BCUT2D eigenvalue weighted by Gasteiger charge is 2.23. The number of benzene rings is 8. The molecular weight excluding hydrogens is 755 g/mol. The topological polar surface area (TPSA) is 48.5 Å². The van der Waals surface area contributed by atoms with Crippen molar-refractivity contribution in [3.63, 3.8) is 0 Å². The van der Waals surface area contributed by atoms with Gasteiger partial charge < -0.3 is 4.57 Å². The van der Waals surface area contributed by atoms with Crippen LogP contribution in [0.2, 0.25) is 0 Å². The van der Waals surface area contributed by atoms with Gasteiger partial charge in [0.15, 0.2) is 11.6 Å². The summed E-state index contributed by atoms with van der Waals surface area (Å²) >= 11 is 0. The summed E-state index contributed by atoms with van der Waals surface area (Å²) in [6.07, 6.45) is 0. The van der Waals surface area contributed by atoms with E-state index in [9.17, 15) is 0 Å². The van der Waals surface area contributed by atoms with E-state index in [0.717, 1.165) is 49.7 Å². The van der Waals surface area contributed by atoms with Crippen molar-refractivity contribution in [3.05, 3.63) is 197 Å². The third-order valence-electron chi connectivity index (χ3n) is 12.5. The number of rotatable bonds is 6. The number of aryl methyl sites for hydroxylation is 6. The Balaban J connectivity index is 1.20. The maximum atomic E-state index is 5.47. The van der Waals surface area contributed by atoms with Gasteiger partial charge >= 0.3 is 0 Å². The predicted molar refractivity (Wildman–Crippen MR) is 259 cm³/mol. The molecule has 0 saturated heterocycles. The molecule has 0 atom stereocenters. The number of aromatic nitrogens is 5. The van der Waals surface area contributed by atoms with Gasteiger partial charge in [-0.1, -0.05) is 126 Å². The molecule has 0 spiro atoms. The fraction of sp³-hybridized carbons (Fsp3) is 0.105. The van der Waals surface area contributed by atoms with Crippen LogP contribution in [0.3, 0.4) is 0 Å². The molecule has 298 valence electrons. The minimum Gasteiger partial charge on any atom is -0.309 e. The van der Waals surface area contributed by atoms with Gasteiger partial charge in [-0.2, -0.15) is 9.97 Å². The molecule has 0 aliphatic carbocycles. The summed E-state index contributed by atoms with van der Waals surface area (Å²) in [4.78, 5) is 16.1. The van der Waals surface area contributed by atoms with Crippen LogP contribution in [-0.4, -0.2) is 24.1 Å². The molecule has 8 aromatic carbocycles. The second-order valence-electron chi connectivity index (χ2n) is 16.9. The van der Waals surface area contributed by atoms with Crippen molar-refractivity contribution in [1.29, 1.82) is 0 Å². The molecule has 5 heteroatoms. The highest BCUT2D eigenvalue weighted by Crippen LogP contribution is 2.41. The highest BCUT2D eigenvalue weighted by atomic mass is 15.2. The van der Waals surface area contributed by atoms with Gasteiger partial charge in [-0.25, -0.2) is 4.98 Å². The molecule has 0 aliphatic heterocycles. The van der Waals surface area contributed by atoms with Crippen LogP contribution in [0.1, 0.15) is 33.4 Å².